The van der Waals surface area contributed by atoms with Gasteiger partial charge in [-0.3, -0.25) is 0 Å². The molecule has 2 heterocycles. The zero-order valence-corrected chi connectivity index (χ0v) is 14.2. The van der Waals surface area contributed by atoms with E-state index in [-0.39, 0.29) is 24.4 Å². The van der Waals surface area contributed by atoms with Gasteiger partial charge in [0.25, 0.3) is 0 Å². The number of hydrogen-bond donors (Lipinski definition) is 1. The summed E-state index contributed by atoms with van der Waals surface area (Å²) in [7, 11) is 0. The normalized spacial score (nSPS) is 17.3. The van der Waals surface area contributed by atoms with Crippen molar-refractivity contribution in [1.29, 1.82) is 0 Å². The van der Waals surface area contributed by atoms with E-state index in [1.165, 1.54) is 6.07 Å². The van der Waals surface area contributed by atoms with Gasteiger partial charge in [-0.25, -0.2) is 4.98 Å². The van der Waals surface area contributed by atoms with Gasteiger partial charge in [-0.15, -0.1) is 12.4 Å². The molecule has 0 bridgehead atoms. The predicted molar refractivity (Wildman–Crippen MR) is 92.1 cm³/mol. The van der Waals surface area contributed by atoms with Crippen LogP contribution in [0.5, 0.6) is 5.88 Å². The second kappa shape index (κ2) is 7.93. The van der Waals surface area contributed by atoms with Crippen LogP contribution in [0.25, 0.3) is 0 Å². The Morgan fingerprint density at radius 2 is 1.96 bits per heavy atom. The highest BCUT2D eigenvalue weighted by Gasteiger charge is 2.31. The Balaban J connectivity index is 0.00000225. The zero-order chi connectivity index (χ0) is 17.2. The van der Waals surface area contributed by atoms with Gasteiger partial charge in [0, 0.05) is 37.5 Å². The lowest BCUT2D eigenvalue weighted by atomic mass is 10.1. The van der Waals surface area contributed by atoms with E-state index < -0.39 is 11.7 Å². The third-order valence-electron chi connectivity index (χ3n) is 4.05. The molecule has 1 aliphatic heterocycles. The van der Waals surface area contributed by atoms with Crippen LogP contribution in [-0.4, -0.2) is 24.2 Å². The largest absolute Gasteiger partial charge is 0.472 e. The van der Waals surface area contributed by atoms with Crippen LogP contribution >= 0.6 is 12.4 Å². The van der Waals surface area contributed by atoms with Gasteiger partial charge >= 0.3 is 6.18 Å². The van der Waals surface area contributed by atoms with Crippen molar-refractivity contribution < 1.29 is 17.9 Å². The van der Waals surface area contributed by atoms with Crippen LogP contribution in [0, 0.1) is 0 Å². The average Bonchev–Trinajstić information content (AvgIpc) is 3.03. The van der Waals surface area contributed by atoms with Crippen molar-refractivity contribution in [3.05, 3.63) is 53.7 Å². The van der Waals surface area contributed by atoms with Crippen LogP contribution in [0.2, 0.25) is 0 Å². The molecule has 3 rings (SSSR count). The lowest BCUT2D eigenvalue weighted by molar-refractivity contribution is -0.137. The summed E-state index contributed by atoms with van der Waals surface area (Å²) in [4.78, 5) is 5.94. The molecule has 2 aromatic rings. The maximum atomic E-state index is 12.5. The SMILES string of the molecule is Cl.NCc1ccccc1N1CC[C@H](Oc2ccc(C(F)(F)F)cn2)C1. The van der Waals surface area contributed by atoms with Gasteiger partial charge in [-0.05, 0) is 17.7 Å². The molecule has 0 aliphatic carbocycles. The van der Waals surface area contributed by atoms with Crippen molar-refractivity contribution >= 4 is 18.1 Å². The molecule has 25 heavy (non-hydrogen) atoms. The number of nitrogens with zero attached hydrogens (tertiary/aromatic N) is 2. The summed E-state index contributed by atoms with van der Waals surface area (Å²) in [5, 5.41) is 0. The minimum Gasteiger partial charge on any atom is -0.472 e. The fourth-order valence-corrected chi connectivity index (χ4v) is 2.82. The Hall–Kier alpha value is -1.99. The van der Waals surface area contributed by atoms with E-state index >= 15 is 0 Å². The highest BCUT2D eigenvalue weighted by Crippen LogP contribution is 2.30. The molecule has 136 valence electrons. The fourth-order valence-electron chi connectivity index (χ4n) is 2.82. The van der Waals surface area contributed by atoms with E-state index in [0.29, 0.717) is 13.1 Å². The van der Waals surface area contributed by atoms with Crippen LogP contribution in [-0.2, 0) is 12.7 Å². The van der Waals surface area contributed by atoms with Gasteiger partial charge in [-0.2, -0.15) is 13.2 Å². The van der Waals surface area contributed by atoms with Crippen molar-refractivity contribution in [2.24, 2.45) is 5.73 Å². The number of rotatable bonds is 4. The quantitative estimate of drug-likeness (QED) is 0.889. The maximum absolute atomic E-state index is 12.5. The topological polar surface area (TPSA) is 51.4 Å². The van der Waals surface area contributed by atoms with E-state index in [9.17, 15) is 13.2 Å². The summed E-state index contributed by atoms with van der Waals surface area (Å²) in [5.74, 6) is 0.210. The van der Waals surface area contributed by atoms with E-state index in [0.717, 1.165) is 36.5 Å². The monoisotopic (exact) mass is 373 g/mol. The third kappa shape index (κ3) is 4.55. The Kier molecular flexibility index (Phi) is 6.13. The summed E-state index contributed by atoms with van der Waals surface area (Å²) >= 11 is 0. The van der Waals surface area contributed by atoms with Gasteiger partial charge in [0.2, 0.25) is 5.88 Å². The van der Waals surface area contributed by atoms with Gasteiger partial charge in [0.15, 0.2) is 0 Å². The van der Waals surface area contributed by atoms with Crippen LogP contribution in [0.3, 0.4) is 0 Å². The molecule has 1 fully saturated rings. The molecule has 1 atom stereocenters. The average molecular weight is 374 g/mol. The number of para-hydroxylation sites is 1. The first-order valence-corrected chi connectivity index (χ1v) is 7.70. The Morgan fingerprint density at radius 3 is 2.60 bits per heavy atom. The zero-order valence-electron chi connectivity index (χ0n) is 13.4. The molecule has 0 amide bonds. The first-order valence-electron chi connectivity index (χ1n) is 7.70. The number of benzene rings is 1. The Labute approximate surface area is 150 Å². The van der Waals surface area contributed by atoms with Crippen molar-refractivity contribution in [2.45, 2.75) is 25.2 Å². The molecule has 1 aliphatic rings. The molecule has 1 aromatic heterocycles. The van der Waals surface area contributed by atoms with E-state index in [2.05, 4.69) is 9.88 Å². The predicted octanol–water partition coefficient (Wildman–Crippen LogP) is 3.64. The molecular formula is C17H19ClF3N3O. The smallest absolute Gasteiger partial charge is 0.417 e. The van der Waals surface area contributed by atoms with Crippen molar-refractivity contribution in [1.82, 2.24) is 4.98 Å². The number of nitrogens with two attached hydrogens (primary N) is 1. The Bertz CT molecular complexity index is 694. The minimum absolute atomic E-state index is 0. The molecular weight excluding hydrogens is 355 g/mol. The summed E-state index contributed by atoms with van der Waals surface area (Å²) < 4.78 is 43.3. The van der Waals surface area contributed by atoms with Crippen molar-refractivity contribution in [3.63, 3.8) is 0 Å². The number of ether oxygens (including phenoxy) is 1. The van der Waals surface area contributed by atoms with Crippen LogP contribution in [0.1, 0.15) is 17.5 Å². The minimum atomic E-state index is -4.39. The molecule has 0 radical (unpaired) electrons. The molecule has 1 aromatic carbocycles. The second-order valence-corrected chi connectivity index (χ2v) is 5.69. The first kappa shape index (κ1) is 19.3. The van der Waals surface area contributed by atoms with Crippen molar-refractivity contribution in [3.8, 4) is 5.88 Å². The van der Waals surface area contributed by atoms with E-state index in [1.807, 2.05) is 24.3 Å². The van der Waals surface area contributed by atoms with Crippen LogP contribution in [0.15, 0.2) is 42.6 Å². The van der Waals surface area contributed by atoms with Gasteiger partial charge in [0.1, 0.15) is 6.10 Å². The van der Waals surface area contributed by atoms with E-state index in [1.54, 1.807) is 0 Å². The summed E-state index contributed by atoms with van der Waals surface area (Å²) in [6.45, 7) is 1.92. The fraction of sp³-hybridized carbons (Fsp3) is 0.353. The van der Waals surface area contributed by atoms with Gasteiger partial charge in [0.05, 0.1) is 12.1 Å². The lowest BCUT2D eigenvalue weighted by Gasteiger charge is -2.21. The van der Waals surface area contributed by atoms with Crippen molar-refractivity contribution in [2.75, 3.05) is 18.0 Å². The molecule has 0 unspecified atom stereocenters. The van der Waals surface area contributed by atoms with Gasteiger partial charge < -0.3 is 15.4 Å². The molecule has 4 nitrogen and oxygen atoms in total. The molecule has 8 heteroatoms. The summed E-state index contributed by atoms with van der Waals surface area (Å²) in [6, 6.07) is 10.2. The maximum Gasteiger partial charge on any atom is 0.417 e. The number of alkyl halides is 3. The molecule has 1 saturated heterocycles. The van der Waals surface area contributed by atoms with Crippen LogP contribution < -0.4 is 15.4 Å². The van der Waals surface area contributed by atoms with Crippen LogP contribution in [0.4, 0.5) is 18.9 Å². The molecule has 2 N–H and O–H groups in total. The summed E-state index contributed by atoms with van der Waals surface area (Å²) in [5.41, 5.74) is 7.12. The third-order valence-corrected chi connectivity index (χ3v) is 4.05. The number of halogens is 4. The summed E-state index contributed by atoms with van der Waals surface area (Å²) in [6.07, 6.45) is -2.92. The number of pyridine rings is 1. The molecule has 0 saturated carbocycles. The highest BCUT2D eigenvalue weighted by molar-refractivity contribution is 5.85. The standard InChI is InChI=1S/C17H18F3N3O.ClH/c18-17(19,20)13-5-6-16(22-10-13)24-14-7-8-23(11-14)15-4-2-1-3-12(15)9-21;/h1-6,10,14H,7-9,11,21H2;1H/t14-;/m0./s1. The van der Waals surface area contributed by atoms with E-state index in [4.69, 9.17) is 10.5 Å². The Morgan fingerprint density at radius 1 is 1.20 bits per heavy atom. The van der Waals surface area contributed by atoms with Gasteiger partial charge in [-0.1, -0.05) is 18.2 Å². The highest BCUT2D eigenvalue weighted by atomic mass is 35.5. The number of hydrogen-bond acceptors (Lipinski definition) is 4. The first-order chi connectivity index (χ1) is 11.5. The molecule has 0 spiro atoms. The number of anilines is 1. The number of aromatic nitrogens is 1. The second-order valence-electron chi connectivity index (χ2n) is 5.69. The lowest BCUT2D eigenvalue weighted by Crippen LogP contribution is -2.26.